The molecule has 11 amide bonds. The van der Waals surface area contributed by atoms with Gasteiger partial charge >= 0.3 is 0 Å². The summed E-state index contributed by atoms with van der Waals surface area (Å²) in [5.74, 6) is -1.71. The van der Waals surface area contributed by atoms with Gasteiger partial charge in [0, 0.05) is 169 Å². The molecule has 1 saturated carbocycles. The van der Waals surface area contributed by atoms with Crippen molar-refractivity contribution in [2.75, 3.05) is 125 Å². The van der Waals surface area contributed by atoms with Crippen molar-refractivity contribution in [1.82, 2.24) is 57.2 Å². The third-order valence-corrected chi connectivity index (χ3v) is 26.3. The lowest BCUT2D eigenvalue weighted by molar-refractivity contribution is -0.270. The Morgan fingerprint density at radius 1 is 0.357 bits per heavy atom. The first-order chi connectivity index (χ1) is 60.5. The fourth-order valence-electron chi connectivity index (χ4n) is 19.0. The Morgan fingerprint density at radius 3 is 0.944 bits per heavy atom. The van der Waals surface area contributed by atoms with Crippen molar-refractivity contribution < 1.29 is 137 Å². The number of likely N-dealkylation sites (tertiary alicyclic amines) is 3. The van der Waals surface area contributed by atoms with Gasteiger partial charge < -0.3 is 142 Å². The average molecular weight is 1800 g/mol. The van der Waals surface area contributed by atoms with Crippen LogP contribution in [0, 0.1) is 34.5 Å². The number of unbranched alkanes of at least 4 members (excludes halogenated alkanes) is 11. The Kier molecular flexibility index (Phi) is 47.6. The van der Waals surface area contributed by atoms with Crippen LogP contribution in [0.2, 0.25) is 0 Å². The van der Waals surface area contributed by atoms with Crippen molar-refractivity contribution in [3.8, 4) is 0 Å². The highest BCUT2D eigenvalue weighted by molar-refractivity contribution is 5.80. The molecule has 39 nitrogen and oxygen atoms in total. The second-order valence-electron chi connectivity index (χ2n) is 35.8. The zero-order valence-electron chi connectivity index (χ0n) is 74.4. The largest absolute Gasteiger partial charge is 0.396 e. The van der Waals surface area contributed by atoms with Crippen molar-refractivity contribution >= 4 is 65.0 Å². The molecule has 0 aromatic carbocycles. The third kappa shape index (κ3) is 34.3. The van der Waals surface area contributed by atoms with E-state index in [4.69, 9.17) is 28.4 Å². The van der Waals surface area contributed by atoms with Gasteiger partial charge in [0.05, 0.1) is 33.0 Å². The summed E-state index contributed by atoms with van der Waals surface area (Å²) in [6.07, 6.45) is 1.04. The molecule has 19 N–H and O–H groups in total. The number of amides is 11. The summed E-state index contributed by atoms with van der Waals surface area (Å²) in [6.45, 7) is 7.13. The summed E-state index contributed by atoms with van der Waals surface area (Å²) in [7, 11) is 0. The number of hydrogen-bond acceptors (Lipinski definition) is 28. The minimum Gasteiger partial charge on any atom is -0.396 e. The number of nitrogens with one attached hydrogen (secondary N) is 8. The number of carbonyl (C=O) groups excluding carboxylic acids is 11. The summed E-state index contributed by atoms with van der Waals surface area (Å²) in [5, 5.41) is 134. The maximum atomic E-state index is 14.2. The van der Waals surface area contributed by atoms with Crippen molar-refractivity contribution in [2.24, 2.45) is 34.5 Å². The molecule has 0 aromatic heterocycles. The van der Waals surface area contributed by atoms with Crippen molar-refractivity contribution in [3.63, 3.8) is 0 Å². The quantitative estimate of drug-likeness (QED) is 0.0301. The van der Waals surface area contributed by atoms with Crippen LogP contribution in [0.25, 0.3) is 0 Å². The van der Waals surface area contributed by atoms with Gasteiger partial charge in [0.15, 0.2) is 18.9 Å². The lowest BCUT2D eigenvalue weighted by atomic mass is 9.58. The first-order valence-electron chi connectivity index (χ1n) is 46.4. The zero-order valence-corrected chi connectivity index (χ0v) is 74.4. The van der Waals surface area contributed by atoms with E-state index in [9.17, 15) is 109 Å². The molecule has 0 spiro atoms. The molecule has 6 saturated heterocycles. The number of carbonyl (C=O) groups is 11. The summed E-state index contributed by atoms with van der Waals surface area (Å²) in [6, 6.07) is -3.23. The molecule has 7 fully saturated rings. The van der Waals surface area contributed by atoms with E-state index in [1.807, 2.05) is 14.7 Å². The molecule has 0 bridgehead atoms. The minimum absolute atomic E-state index is 0.00690. The molecule has 126 heavy (non-hydrogen) atoms. The monoisotopic (exact) mass is 1800 g/mol. The predicted octanol–water partition coefficient (Wildman–Crippen LogP) is -1.72. The Hall–Kier alpha value is -6.51. The van der Waals surface area contributed by atoms with E-state index >= 15 is 0 Å². The number of fused-ring (bicyclic) bond motifs is 1. The normalized spacial score (nSPS) is 27.3. The van der Waals surface area contributed by atoms with Crippen LogP contribution in [0.3, 0.4) is 0 Å². The first-order valence-corrected chi connectivity index (χ1v) is 46.4. The Morgan fingerprint density at radius 2 is 0.643 bits per heavy atom. The number of hydrogen-bond donors (Lipinski definition) is 19. The lowest BCUT2D eigenvalue weighted by Crippen LogP contribution is -2.64. The molecule has 17 atom stereocenters. The molecular weight excluding hydrogens is 1650 g/mol. The second kappa shape index (κ2) is 56.3. The van der Waals surface area contributed by atoms with E-state index in [0.717, 1.165) is 0 Å². The molecule has 6 aliphatic heterocycles. The molecule has 7 aliphatic rings. The van der Waals surface area contributed by atoms with Gasteiger partial charge in [-0.3, -0.25) is 52.7 Å². The van der Waals surface area contributed by atoms with Gasteiger partial charge in [-0.2, -0.15) is 0 Å². The van der Waals surface area contributed by atoms with E-state index in [1.165, 1.54) is 20.8 Å². The lowest BCUT2D eigenvalue weighted by Gasteiger charge is -2.52. The van der Waals surface area contributed by atoms with Crippen LogP contribution >= 0.6 is 0 Å². The molecule has 6 heterocycles. The van der Waals surface area contributed by atoms with E-state index in [0.29, 0.717) is 245 Å². The second-order valence-corrected chi connectivity index (χ2v) is 35.8. The van der Waals surface area contributed by atoms with Gasteiger partial charge in [0.2, 0.25) is 65.0 Å². The van der Waals surface area contributed by atoms with Crippen molar-refractivity contribution in [2.45, 2.75) is 325 Å². The van der Waals surface area contributed by atoms with Crippen LogP contribution in [0.15, 0.2) is 0 Å². The first kappa shape index (κ1) is 107. The highest BCUT2D eigenvalue weighted by Crippen LogP contribution is 2.51. The topological polar surface area (TPSA) is 572 Å². The molecule has 722 valence electrons. The Labute approximate surface area is 740 Å². The smallest absolute Gasteiger partial charge is 0.222 e. The fourth-order valence-corrected chi connectivity index (χ4v) is 19.0. The number of ether oxygens (including phenoxy) is 6. The molecule has 0 aromatic rings. The van der Waals surface area contributed by atoms with Crippen molar-refractivity contribution in [1.29, 1.82) is 0 Å². The molecule has 39 heteroatoms. The van der Waals surface area contributed by atoms with Crippen LogP contribution in [-0.2, 0) is 81.2 Å². The number of rotatable bonds is 57. The highest BCUT2D eigenvalue weighted by Gasteiger charge is 2.52. The fraction of sp³-hybridized carbons (Fsp3) is 0.874. The van der Waals surface area contributed by atoms with Gasteiger partial charge in [0.25, 0.3) is 0 Å². The van der Waals surface area contributed by atoms with Crippen LogP contribution in [0.5, 0.6) is 0 Å². The average Bonchev–Trinajstić information content (AvgIpc) is 1.71. The van der Waals surface area contributed by atoms with E-state index in [2.05, 4.69) is 42.5 Å². The van der Waals surface area contributed by atoms with Crippen LogP contribution in [-0.4, -0.2) is 353 Å². The van der Waals surface area contributed by atoms with Gasteiger partial charge in [-0.05, 0) is 164 Å². The number of piperidine rings is 2. The molecule has 17 unspecified atom stereocenters. The van der Waals surface area contributed by atoms with Crippen LogP contribution in [0.4, 0.5) is 0 Å². The van der Waals surface area contributed by atoms with E-state index < -0.39 is 140 Å². The summed E-state index contributed by atoms with van der Waals surface area (Å²) in [5.41, 5.74) is -1.13. The summed E-state index contributed by atoms with van der Waals surface area (Å²) >= 11 is 0. The Balaban J connectivity index is 0.910. The maximum absolute atomic E-state index is 14.2. The van der Waals surface area contributed by atoms with E-state index in [1.54, 1.807) is 0 Å². The van der Waals surface area contributed by atoms with E-state index in [-0.39, 0.29) is 143 Å². The van der Waals surface area contributed by atoms with Gasteiger partial charge in [-0.25, -0.2) is 0 Å². The van der Waals surface area contributed by atoms with Gasteiger partial charge in [-0.1, -0.05) is 25.7 Å². The number of aliphatic hydroxyl groups is 11. The Bertz CT molecular complexity index is 3190. The minimum atomic E-state index is -1.45. The van der Waals surface area contributed by atoms with Gasteiger partial charge in [0.1, 0.15) is 73.1 Å². The molecule has 1 aliphatic carbocycles. The maximum Gasteiger partial charge on any atom is 0.222 e. The molecule has 0 radical (unpaired) electrons. The third-order valence-electron chi connectivity index (χ3n) is 26.3. The number of nitrogens with zero attached hydrogens (tertiary/aromatic N) is 3. The molecular formula is C87H151N11O28. The zero-order chi connectivity index (χ0) is 91.7. The highest BCUT2D eigenvalue weighted by atomic mass is 16.7. The van der Waals surface area contributed by atoms with Crippen LogP contribution in [0.1, 0.15) is 233 Å². The predicted molar refractivity (Wildman–Crippen MR) is 454 cm³/mol. The molecule has 7 rings (SSSR count). The standard InChI is InChI=1S/C87H151N11O28/c1-56(104)93-74-80(118)77(115)63(50-99)124-83(74)121-43-19-12-23-66(107)88-35-15-4-8-22-69(110)92-53-87(34-29-70(111)91-38-18-7-11-28-73(114)98-48-59-46-86(54-102,55-103)47-60(59)49-98,61-30-39-96(40-31-61)71(112)26-9-5-16-36-89-67(108)24-13-20-44-122-84-75(94-57(2)105)81(119)78(116)64(51-100)125-84)62-32-41-97(42-33-62)72(113)27-10-6-17-37-90-68(109)25-14-21-45-123-85-76(95-58(3)106)82(120)79(117)65(52-101)126-85/h59-65,74-85,99-103,115-120H,4-55H2,1-3H3,(H,88,107)(H,89,108)(H,90,109)(H,91,111)(H,92,110)(H,93,104)(H,94,105)(H,95,106). The summed E-state index contributed by atoms with van der Waals surface area (Å²) < 4.78 is 34.2. The number of aliphatic hydroxyl groups excluding tert-OH is 11. The van der Waals surface area contributed by atoms with Crippen molar-refractivity contribution in [3.05, 3.63) is 0 Å². The SMILES string of the molecule is CC(=O)NC1C(OCCCCC(=O)NCCCCCC(=O)NCC(CCC(=O)NCCCCCC(=O)N2CC3CC(CO)(CO)CC3C2)(C2CCN(C(=O)CCCCCNC(=O)CCCCOC3OC(CO)C(O)C(O)C3NC(C)=O)CC2)C2CCN(C(=O)CCCCCNC(=O)CCCCOC3OC(CO)C(O)C(O)C3NC(C)=O)CC2)OC(CO)C(O)C1O. The van der Waals surface area contributed by atoms with Crippen LogP contribution < -0.4 is 42.5 Å². The van der Waals surface area contributed by atoms with Gasteiger partial charge in [-0.15, -0.1) is 0 Å². The summed E-state index contributed by atoms with van der Waals surface area (Å²) in [4.78, 5) is 149.